The maximum absolute atomic E-state index is 10.6. The summed E-state index contributed by atoms with van der Waals surface area (Å²) in [6, 6.07) is 0. The largest absolute Gasteiger partial charge is 0.480 e. The molecular weight excluding hydrogens is 192 g/mol. The molecule has 1 spiro atoms. The summed E-state index contributed by atoms with van der Waals surface area (Å²) in [4.78, 5) is 15.1. The van der Waals surface area contributed by atoms with Crippen LogP contribution in [0.5, 0.6) is 0 Å². The van der Waals surface area contributed by atoms with Crippen molar-refractivity contribution in [3.05, 3.63) is 0 Å². The number of hydrogen-bond donors (Lipinski definition) is 1. The van der Waals surface area contributed by atoms with Crippen molar-refractivity contribution in [3.8, 4) is 0 Å². The van der Waals surface area contributed by atoms with Crippen LogP contribution in [0.15, 0.2) is 0 Å². The monoisotopic (exact) mass is 212 g/mol. The van der Waals surface area contributed by atoms with Crippen LogP contribution >= 0.6 is 0 Å². The van der Waals surface area contributed by atoms with Gasteiger partial charge >= 0.3 is 5.97 Å². The third-order valence-corrected chi connectivity index (χ3v) is 3.84. The van der Waals surface area contributed by atoms with E-state index in [-0.39, 0.29) is 6.54 Å². The van der Waals surface area contributed by atoms with Gasteiger partial charge in [0.25, 0.3) is 0 Å². The van der Waals surface area contributed by atoms with Crippen molar-refractivity contribution in [2.75, 3.05) is 39.3 Å². The molecule has 0 radical (unpaired) electrons. The van der Waals surface area contributed by atoms with E-state index in [1.807, 2.05) is 0 Å². The van der Waals surface area contributed by atoms with Crippen LogP contribution in [-0.4, -0.2) is 60.1 Å². The first-order valence-electron chi connectivity index (χ1n) is 5.80. The molecule has 15 heavy (non-hydrogen) atoms. The summed E-state index contributed by atoms with van der Waals surface area (Å²) in [5, 5.41) is 8.70. The number of rotatable bonds is 3. The molecule has 2 rings (SSSR count). The molecule has 0 bridgehead atoms. The van der Waals surface area contributed by atoms with Gasteiger partial charge in [-0.15, -0.1) is 0 Å². The van der Waals surface area contributed by atoms with Crippen molar-refractivity contribution < 1.29 is 9.90 Å². The molecule has 0 aromatic heterocycles. The predicted octanol–water partition coefficient (Wildman–Crippen LogP) is 0.489. The number of carboxylic acids is 1. The van der Waals surface area contributed by atoms with E-state index in [4.69, 9.17) is 5.11 Å². The van der Waals surface area contributed by atoms with Crippen LogP contribution in [0, 0.1) is 5.41 Å². The van der Waals surface area contributed by atoms with Crippen LogP contribution < -0.4 is 0 Å². The summed E-state index contributed by atoms with van der Waals surface area (Å²) in [7, 11) is 0. The fraction of sp³-hybridized carbons (Fsp3) is 0.909. The summed E-state index contributed by atoms with van der Waals surface area (Å²) >= 11 is 0. The lowest BCUT2D eigenvalue weighted by Crippen LogP contribution is -2.60. The molecule has 4 heteroatoms. The summed E-state index contributed by atoms with van der Waals surface area (Å²) in [6.07, 6.45) is 2.35. The molecule has 0 aliphatic carbocycles. The Morgan fingerprint density at radius 1 is 1.27 bits per heavy atom. The zero-order chi connectivity index (χ0) is 10.9. The fourth-order valence-electron chi connectivity index (χ4n) is 2.82. The zero-order valence-electron chi connectivity index (χ0n) is 9.41. The molecule has 1 N–H and O–H groups in total. The molecule has 4 nitrogen and oxygen atoms in total. The van der Waals surface area contributed by atoms with E-state index in [1.165, 1.54) is 25.9 Å². The summed E-state index contributed by atoms with van der Waals surface area (Å²) < 4.78 is 0. The topological polar surface area (TPSA) is 43.8 Å². The van der Waals surface area contributed by atoms with Gasteiger partial charge in [0.05, 0.1) is 6.54 Å². The first-order valence-corrected chi connectivity index (χ1v) is 5.80. The van der Waals surface area contributed by atoms with Gasteiger partial charge in [-0.05, 0) is 37.9 Å². The van der Waals surface area contributed by atoms with E-state index in [0.29, 0.717) is 5.41 Å². The van der Waals surface area contributed by atoms with Crippen LogP contribution in [0.1, 0.15) is 19.8 Å². The molecule has 2 heterocycles. The van der Waals surface area contributed by atoms with Crippen LogP contribution in [0.3, 0.4) is 0 Å². The highest BCUT2D eigenvalue weighted by Crippen LogP contribution is 2.39. The Balaban J connectivity index is 1.76. The minimum Gasteiger partial charge on any atom is -0.480 e. The standard InChI is InChI=1S/C11H20N2O2/c1-2-12-8-11(9-12)3-5-13(6-4-11)7-10(14)15/h2-9H2,1H3,(H,14,15). The van der Waals surface area contributed by atoms with Crippen molar-refractivity contribution in [1.29, 1.82) is 0 Å². The lowest BCUT2D eigenvalue weighted by Gasteiger charge is -2.53. The molecule has 0 aromatic rings. The zero-order valence-corrected chi connectivity index (χ0v) is 9.41. The molecule has 2 saturated heterocycles. The van der Waals surface area contributed by atoms with Gasteiger partial charge < -0.3 is 10.0 Å². The second kappa shape index (κ2) is 4.10. The van der Waals surface area contributed by atoms with E-state index in [2.05, 4.69) is 16.7 Å². The number of piperidine rings is 1. The first kappa shape index (κ1) is 10.9. The third kappa shape index (κ3) is 2.32. The highest BCUT2D eigenvalue weighted by atomic mass is 16.4. The van der Waals surface area contributed by atoms with Crippen LogP contribution in [0.25, 0.3) is 0 Å². The van der Waals surface area contributed by atoms with Gasteiger partial charge in [0, 0.05) is 13.1 Å². The Bertz CT molecular complexity index is 239. The molecule has 2 aliphatic rings. The fourth-order valence-corrected chi connectivity index (χ4v) is 2.82. The summed E-state index contributed by atoms with van der Waals surface area (Å²) in [6.45, 7) is 7.95. The molecule has 0 saturated carbocycles. The van der Waals surface area contributed by atoms with Gasteiger partial charge in [-0.25, -0.2) is 0 Å². The van der Waals surface area contributed by atoms with Gasteiger partial charge in [0.15, 0.2) is 0 Å². The number of likely N-dealkylation sites (tertiary alicyclic amines) is 2. The van der Waals surface area contributed by atoms with Crippen molar-refractivity contribution in [2.45, 2.75) is 19.8 Å². The highest BCUT2D eigenvalue weighted by molar-refractivity contribution is 5.69. The van der Waals surface area contributed by atoms with Crippen LogP contribution in [-0.2, 0) is 4.79 Å². The second-order valence-electron chi connectivity index (χ2n) is 4.97. The quantitative estimate of drug-likeness (QED) is 0.739. The number of aliphatic carboxylic acids is 1. The summed E-state index contributed by atoms with van der Waals surface area (Å²) in [5.41, 5.74) is 0.533. The smallest absolute Gasteiger partial charge is 0.317 e. The Morgan fingerprint density at radius 3 is 2.33 bits per heavy atom. The minimum absolute atomic E-state index is 0.216. The van der Waals surface area contributed by atoms with E-state index >= 15 is 0 Å². The number of hydrogen-bond acceptors (Lipinski definition) is 3. The number of carbonyl (C=O) groups is 1. The molecule has 2 fully saturated rings. The number of carboxylic acid groups (broad SMARTS) is 1. The van der Waals surface area contributed by atoms with Crippen molar-refractivity contribution in [3.63, 3.8) is 0 Å². The van der Waals surface area contributed by atoms with Gasteiger partial charge in [-0.3, -0.25) is 9.69 Å². The second-order valence-corrected chi connectivity index (χ2v) is 4.97. The maximum atomic E-state index is 10.6. The van der Waals surface area contributed by atoms with E-state index in [9.17, 15) is 4.79 Å². The van der Waals surface area contributed by atoms with E-state index < -0.39 is 5.97 Å². The molecule has 86 valence electrons. The highest BCUT2D eigenvalue weighted by Gasteiger charge is 2.43. The van der Waals surface area contributed by atoms with E-state index in [0.717, 1.165) is 19.6 Å². The molecular formula is C11H20N2O2. The molecule has 0 unspecified atom stereocenters. The van der Waals surface area contributed by atoms with Crippen molar-refractivity contribution >= 4 is 5.97 Å². The summed E-state index contributed by atoms with van der Waals surface area (Å²) in [5.74, 6) is -0.699. The van der Waals surface area contributed by atoms with Gasteiger partial charge in [0.2, 0.25) is 0 Å². The average Bonchev–Trinajstić information content (AvgIpc) is 2.15. The van der Waals surface area contributed by atoms with E-state index in [1.54, 1.807) is 0 Å². The number of nitrogens with zero attached hydrogens (tertiary/aromatic N) is 2. The van der Waals surface area contributed by atoms with Gasteiger partial charge in [0.1, 0.15) is 0 Å². The SMILES string of the molecule is CCN1CC2(CCN(CC(=O)O)CC2)C1. The Labute approximate surface area is 90.9 Å². The maximum Gasteiger partial charge on any atom is 0.317 e. The minimum atomic E-state index is -0.699. The van der Waals surface area contributed by atoms with Crippen LogP contribution in [0.4, 0.5) is 0 Å². The van der Waals surface area contributed by atoms with Crippen molar-refractivity contribution in [1.82, 2.24) is 9.80 Å². The predicted molar refractivity (Wildman–Crippen MR) is 57.9 cm³/mol. The lowest BCUT2D eigenvalue weighted by molar-refractivity contribution is -0.139. The average molecular weight is 212 g/mol. The molecule has 0 atom stereocenters. The third-order valence-electron chi connectivity index (χ3n) is 3.84. The molecule has 2 aliphatic heterocycles. The molecule has 0 amide bonds. The Hall–Kier alpha value is -0.610. The van der Waals surface area contributed by atoms with Gasteiger partial charge in [-0.2, -0.15) is 0 Å². The Kier molecular flexibility index (Phi) is 2.98. The Morgan fingerprint density at radius 2 is 1.87 bits per heavy atom. The van der Waals surface area contributed by atoms with Crippen molar-refractivity contribution in [2.24, 2.45) is 5.41 Å². The molecule has 0 aromatic carbocycles. The first-order chi connectivity index (χ1) is 7.13. The lowest BCUT2D eigenvalue weighted by atomic mass is 9.72. The van der Waals surface area contributed by atoms with Crippen LogP contribution in [0.2, 0.25) is 0 Å². The normalized spacial score (nSPS) is 26.5. The van der Waals surface area contributed by atoms with Gasteiger partial charge in [-0.1, -0.05) is 6.92 Å².